The van der Waals surface area contributed by atoms with Crippen LogP contribution < -0.4 is 4.74 Å². The van der Waals surface area contributed by atoms with Crippen molar-refractivity contribution in [1.82, 2.24) is 0 Å². The van der Waals surface area contributed by atoms with E-state index in [4.69, 9.17) is 4.74 Å². The lowest BCUT2D eigenvalue weighted by atomic mass is 10.1. The van der Waals surface area contributed by atoms with E-state index in [1.54, 1.807) is 26.0 Å². The summed E-state index contributed by atoms with van der Waals surface area (Å²) in [5, 5.41) is 9.57. The highest BCUT2D eigenvalue weighted by Gasteiger charge is 2.05. The highest BCUT2D eigenvalue weighted by Crippen LogP contribution is 2.26. The van der Waals surface area contributed by atoms with Crippen molar-refractivity contribution in [3.63, 3.8) is 0 Å². The zero-order chi connectivity index (χ0) is 13.1. The second-order valence-corrected chi connectivity index (χ2v) is 6.50. The number of aryl methyl sites for hydroxylation is 2. The largest absolute Gasteiger partial charge is 0.507 e. The van der Waals surface area contributed by atoms with Crippen LogP contribution in [0.1, 0.15) is 17.5 Å². The van der Waals surface area contributed by atoms with Gasteiger partial charge in [0, 0.05) is 6.26 Å². The van der Waals surface area contributed by atoms with Gasteiger partial charge in [-0.3, -0.25) is 0 Å². The molecule has 0 spiro atoms. The van der Waals surface area contributed by atoms with Crippen molar-refractivity contribution in [3.8, 4) is 11.5 Å². The predicted octanol–water partition coefficient (Wildman–Crippen LogP) is 1.82. The first-order valence-corrected chi connectivity index (χ1v) is 7.46. The van der Waals surface area contributed by atoms with Gasteiger partial charge in [-0.25, -0.2) is 8.42 Å². The molecule has 0 radical (unpaired) electrons. The molecule has 1 rings (SSSR count). The van der Waals surface area contributed by atoms with Gasteiger partial charge in [0.25, 0.3) is 0 Å². The topological polar surface area (TPSA) is 63.6 Å². The Bertz CT molecular complexity index is 468. The van der Waals surface area contributed by atoms with Crippen LogP contribution in [0.4, 0.5) is 0 Å². The van der Waals surface area contributed by atoms with Crippen molar-refractivity contribution in [2.45, 2.75) is 20.3 Å². The molecule has 0 bridgehead atoms. The molecule has 96 valence electrons. The molecule has 0 aliphatic heterocycles. The molecule has 1 aromatic rings. The fourth-order valence-corrected chi connectivity index (χ4v) is 2.15. The molecule has 0 fully saturated rings. The van der Waals surface area contributed by atoms with Gasteiger partial charge < -0.3 is 9.84 Å². The minimum absolute atomic E-state index is 0.128. The standard InChI is InChI=1S/C12H18O4S/c1-9-7-11(8-10(2)12(9)13)16-5-4-6-17(3,14)15/h7-8,13H,4-6H2,1-3H3. The van der Waals surface area contributed by atoms with Crippen molar-refractivity contribution in [3.05, 3.63) is 23.3 Å². The van der Waals surface area contributed by atoms with Gasteiger partial charge in [-0.15, -0.1) is 0 Å². The lowest BCUT2D eigenvalue weighted by Gasteiger charge is -2.09. The minimum Gasteiger partial charge on any atom is -0.507 e. The zero-order valence-electron chi connectivity index (χ0n) is 10.4. The van der Waals surface area contributed by atoms with E-state index >= 15 is 0 Å². The SMILES string of the molecule is Cc1cc(OCCCS(C)(=O)=O)cc(C)c1O. The van der Waals surface area contributed by atoms with Crippen LogP contribution in [0.2, 0.25) is 0 Å². The molecule has 5 heteroatoms. The lowest BCUT2D eigenvalue weighted by Crippen LogP contribution is -2.08. The zero-order valence-corrected chi connectivity index (χ0v) is 11.2. The van der Waals surface area contributed by atoms with Gasteiger partial charge in [-0.05, 0) is 43.5 Å². The summed E-state index contributed by atoms with van der Waals surface area (Å²) in [7, 11) is -2.92. The normalized spacial score (nSPS) is 11.5. The number of sulfone groups is 1. The summed E-state index contributed by atoms with van der Waals surface area (Å²) in [6.07, 6.45) is 1.68. The molecule has 0 aliphatic rings. The third-order valence-corrected chi connectivity index (χ3v) is 3.42. The number of rotatable bonds is 5. The molecule has 1 N–H and O–H groups in total. The van der Waals surface area contributed by atoms with E-state index in [1.807, 2.05) is 0 Å². The third kappa shape index (κ3) is 4.65. The molecule has 4 nitrogen and oxygen atoms in total. The number of phenolic OH excluding ortho intramolecular Hbond substituents is 1. The van der Waals surface area contributed by atoms with E-state index in [0.717, 1.165) is 11.1 Å². The quantitative estimate of drug-likeness (QED) is 0.818. The first kappa shape index (κ1) is 13.8. The molecule has 1 aromatic carbocycles. The maximum Gasteiger partial charge on any atom is 0.147 e. The van der Waals surface area contributed by atoms with Crippen LogP contribution in [0.5, 0.6) is 11.5 Å². The number of phenols is 1. The Hall–Kier alpha value is -1.23. The van der Waals surface area contributed by atoms with Gasteiger partial charge in [0.1, 0.15) is 21.3 Å². The average molecular weight is 258 g/mol. The Morgan fingerprint density at radius 1 is 1.24 bits per heavy atom. The van der Waals surface area contributed by atoms with Gasteiger partial charge in [0.2, 0.25) is 0 Å². The Morgan fingerprint density at radius 2 is 1.76 bits per heavy atom. The van der Waals surface area contributed by atoms with Gasteiger partial charge in [0.05, 0.1) is 12.4 Å². The summed E-state index contributed by atoms with van der Waals surface area (Å²) >= 11 is 0. The minimum atomic E-state index is -2.92. The van der Waals surface area contributed by atoms with Crippen LogP contribution in [0.15, 0.2) is 12.1 Å². The van der Waals surface area contributed by atoms with Gasteiger partial charge in [-0.1, -0.05) is 0 Å². The van der Waals surface area contributed by atoms with E-state index in [-0.39, 0.29) is 11.5 Å². The summed E-state index contributed by atoms with van der Waals surface area (Å²) in [5.41, 5.74) is 1.51. The van der Waals surface area contributed by atoms with Crippen molar-refractivity contribution in [1.29, 1.82) is 0 Å². The molecular formula is C12H18O4S. The molecule has 17 heavy (non-hydrogen) atoms. The molecule has 0 saturated carbocycles. The van der Waals surface area contributed by atoms with Crippen LogP contribution in [0.3, 0.4) is 0 Å². The maximum atomic E-state index is 10.9. The maximum absolute atomic E-state index is 10.9. The molecule has 0 unspecified atom stereocenters. The Kier molecular flexibility index (Phi) is 4.40. The summed E-state index contributed by atoms with van der Waals surface area (Å²) in [6.45, 7) is 3.95. The molecule has 0 aromatic heterocycles. The Balaban J connectivity index is 2.53. The molecule has 0 aliphatic carbocycles. The van der Waals surface area contributed by atoms with Crippen molar-refractivity contribution in [2.24, 2.45) is 0 Å². The number of hydrogen-bond acceptors (Lipinski definition) is 4. The molecule has 0 heterocycles. The molecule has 0 saturated heterocycles. The molecular weight excluding hydrogens is 240 g/mol. The van der Waals surface area contributed by atoms with Crippen LogP contribution in [0.25, 0.3) is 0 Å². The number of aromatic hydroxyl groups is 1. The van der Waals surface area contributed by atoms with Gasteiger partial charge >= 0.3 is 0 Å². The first-order chi connectivity index (χ1) is 7.79. The summed E-state index contributed by atoms with van der Waals surface area (Å²) in [6, 6.07) is 3.48. The highest BCUT2D eigenvalue weighted by molar-refractivity contribution is 7.90. The van der Waals surface area contributed by atoms with E-state index < -0.39 is 9.84 Å². The number of ether oxygens (including phenoxy) is 1. The van der Waals surface area contributed by atoms with Crippen LogP contribution in [-0.2, 0) is 9.84 Å². The van der Waals surface area contributed by atoms with Gasteiger partial charge in [-0.2, -0.15) is 0 Å². The van der Waals surface area contributed by atoms with Crippen molar-refractivity contribution >= 4 is 9.84 Å². The summed E-state index contributed by atoms with van der Waals surface area (Å²) in [4.78, 5) is 0. The second kappa shape index (κ2) is 5.40. The van der Waals surface area contributed by atoms with E-state index in [2.05, 4.69) is 0 Å². The third-order valence-electron chi connectivity index (χ3n) is 2.39. The monoisotopic (exact) mass is 258 g/mol. The van der Waals surface area contributed by atoms with Crippen LogP contribution in [-0.4, -0.2) is 32.1 Å². The highest BCUT2D eigenvalue weighted by atomic mass is 32.2. The van der Waals surface area contributed by atoms with Crippen LogP contribution in [0, 0.1) is 13.8 Å². The second-order valence-electron chi connectivity index (χ2n) is 4.24. The molecule has 0 atom stereocenters. The van der Waals surface area contributed by atoms with Crippen LogP contribution >= 0.6 is 0 Å². The van der Waals surface area contributed by atoms with E-state index in [1.165, 1.54) is 6.26 Å². The number of benzene rings is 1. The van der Waals surface area contributed by atoms with Gasteiger partial charge in [0.15, 0.2) is 0 Å². The Labute approximate surface area is 102 Å². The van der Waals surface area contributed by atoms with E-state index in [9.17, 15) is 13.5 Å². The average Bonchev–Trinajstić information content (AvgIpc) is 2.19. The first-order valence-electron chi connectivity index (χ1n) is 5.40. The smallest absolute Gasteiger partial charge is 0.147 e. The van der Waals surface area contributed by atoms with Crippen molar-refractivity contribution in [2.75, 3.05) is 18.6 Å². The fourth-order valence-electron chi connectivity index (χ4n) is 1.51. The number of hydrogen-bond donors (Lipinski definition) is 1. The van der Waals surface area contributed by atoms with Crippen molar-refractivity contribution < 1.29 is 18.3 Å². The lowest BCUT2D eigenvalue weighted by molar-refractivity contribution is 0.316. The fraction of sp³-hybridized carbons (Fsp3) is 0.500. The summed E-state index contributed by atoms with van der Waals surface area (Å²) < 4.78 is 27.3. The molecule has 0 amide bonds. The summed E-state index contributed by atoms with van der Waals surface area (Å²) in [5.74, 6) is 1.06. The Morgan fingerprint density at radius 3 is 2.24 bits per heavy atom. The predicted molar refractivity (Wildman–Crippen MR) is 67.4 cm³/mol. The van der Waals surface area contributed by atoms with E-state index in [0.29, 0.717) is 18.8 Å².